The van der Waals surface area contributed by atoms with Gasteiger partial charge < -0.3 is 5.11 Å². The minimum Gasteiger partial charge on any atom is -0.389 e. The van der Waals surface area contributed by atoms with Gasteiger partial charge in [-0.15, -0.1) is 0 Å². The van der Waals surface area contributed by atoms with Crippen molar-refractivity contribution in [2.24, 2.45) is 5.92 Å². The molecule has 2 rings (SSSR count). The minimum absolute atomic E-state index is 0.448. The first-order chi connectivity index (χ1) is 8.55. The van der Waals surface area contributed by atoms with E-state index in [0.29, 0.717) is 12.3 Å². The number of aromatic nitrogens is 2. The van der Waals surface area contributed by atoms with E-state index in [2.05, 4.69) is 25.9 Å². The van der Waals surface area contributed by atoms with Crippen molar-refractivity contribution in [2.75, 3.05) is 0 Å². The van der Waals surface area contributed by atoms with Crippen LogP contribution in [0.3, 0.4) is 0 Å². The van der Waals surface area contributed by atoms with Gasteiger partial charge in [-0.2, -0.15) is 5.10 Å². The van der Waals surface area contributed by atoms with Gasteiger partial charge >= 0.3 is 0 Å². The molecule has 1 unspecified atom stereocenters. The maximum atomic E-state index is 10.7. The second kappa shape index (κ2) is 5.22. The highest BCUT2D eigenvalue weighted by molar-refractivity contribution is 6.31. The molecule has 0 amide bonds. The third-order valence-electron chi connectivity index (χ3n) is 4.12. The molecule has 1 aliphatic carbocycles. The van der Waals surface area contributed by atoms with Crippen molar-refractivity contribution in [1.29, 1.82) is 0 Å². The van der Waals surface area contributed by atoms with Gasteiger partial charge in [-0.25, -0.2) is 0 Å². The Morgan fingerprint density at radius 1 is 1.39 bits per heavy atom. The van der Waals surface area contributed by atoms with Crippen LogP contribution in [0.4, 0.5) is 0 Å². The lowest BCUT2D eigenvalue weighted by atomic mass is 9.89. The zero-order valence-corrected chi connectivity index (χ0v) is 12.3. The lowest BCUT2D eigenvalue weighted by molar-refractivity contribution is 0.0121. The summed E-state index contributed by atoms with van der Waals surface area (Å²) in [6, 6.07) is 0. The SMILES string of the molecule is CCc1nn(CC)c(CC(O)(CC)C2CC2)c1Cl. The van der Waals surface area contributed by atoms with Crippen molar-refractivity contribution in [2.45, 2.75) is 65.0 Å². The lowest BCUT2D eigenvalue weighted by Crippen LogP contribution is -2.34. The Bertz CT molecular complexity index is 426. The maximum Gasteiger partial charge on any atom is 0.0850 e. The Hall–Kier alpha value is -0.540. The summed E-state index contributed by atoms with van der Waals surface area (Å²) in [5.74, 6) is 0.448. The predicted octanol–water partition coefficient (Wildman–Crippen LogP) is 3.21. The Balaban J connectivity index is 2.29. The van der Waals surface area contributed by atoms with E-state index in [0.717, 1.165) is 48.6 Å². The molecule has 102 valence electrons. The molecule has 1 saturated carbocycles. The fourth-order valence-electron chi connectivity index (χ4n) is 2.65. The topological polar surface area (TPSA) is 38.0 Å². The summed E-state index contributed by atoms with van der Waals surface area (Å²) < 4.78 is 1.95. The van der Waals surface area contributed by atoms with Crippen LogP contribution in [0.5, 0.6) is 0 Å². The predicted molar refractivity (Wildman–Crippen MR) is 74.0 cm³/mol. The molecule has 1 aromatic rings. The third-order valence-corrected chi connectivity index (χ3v) is 4.55. The average Bonchev–Trinajstić information content (AvgIpc) is 3.18. The Morgan fingerprint density at radius 3 is 2.50 bits per heavy atom. The van der Waals surface area contributed by atoms with E-state index < -0.39 is 5.60 Å². The molecule has 0 radical (unpaired) electrons. The van der Waals surface area contributed by atoms with E-state index >= 15 is 0 Å². The van der Waals surface area contributed by atoms with E-state index in [1.54, 1.807) is 0 Å². The molecule has 18 heavy (non-hydrogen) atoms. The Morgan fingerprint density at radius 2 is 2.06 bits per heavy atom. The van der Waals surface area contributed by atoms with Gasteiger partial charge in [0, 0.05) is 13.0 Å². The van der Waals surface area contributed by atoms with Gasteiger partial charge in [-0.3, -0.25) is 4.68 Å². The van der Waals surface area contributed by atoms with Gasteiger partial charge in [0.15, 0.2) is 0 Å². The molecule has 0 spiro atoms. The van der Waals surface area contributed by atoms with Gasteiger partial charge in [0.05, 0.1) is 22.0 Å². The van der Waals surface area contributed by atoms with E-state index in [1.807, 2.05) is 4.68 Å². The molecule has 1 atom stereocenters. The van der Waals surface area contributed by atoms with E-state index in [4.69, 9.17) is 11.6 Å². The molecule has 1 aliphatic rings. The number of aryl methyl sites for hydroxylation is 2. The number of aliphatic hydroxyl groups is 1. The van der Waals surface area contributed by atoms with Crippen molar-refractivity contribution in [3.8, 4) is 0 Å². The van der Waals surface area contributed by atoms with Gasteiger partial charge in [0.1, 0.15) is 0 Å². The fourth-order valence-corrected chi connectivity index (χ4v) is 2.99. The van der Waals surface area contributed by atoms with Crippen LogP contribution in [0.15, 0.2) is 0 Å². The summed E-state index contributed by atoms with van der Waals surface area (Å²) in [6.07, 6.45) is 4.54. The zero-order valence-electron chi connectivity index (χ0n) is 11.5. The molecule has 3 nitrogen and oxygen atoms in total. The molecule has 4 heteroatoms. The summed E-state index contributed by atoms with van der Waals surface area (Å²) >= 11 is 6.40. The van der Waals surface area contributed by atoms with Crippen molar-refractivity contribution >= 4 is 11.6 Å². The summed E-state index contributed by atoms with van der Waals surface area (Å²) in [6.45, 7) is 6.98. The van der Waals surface area contributed by atoms with Crippen LogP contribution < -0.4 is 0 Å². The van der Waals surface area contributed by atoms with E-state index in [1.165, 1.54) is 0 Å². The van der Waals surface area contributed by atoms with Crippen LogP contribution in [0.25, 0.3) is 0 Å². The number of hydrogen-bond acceptors (Lipinski definition) is 2. The number of hydrogen-bond donors (Lipinski definition) is 1. The molecule has 0 bridgehead atoms. The minimum atomic E-state index is -0.596. The molecular formula is C14H23ClN2O. The quantitative estimate of drug-likeness (QED) is 0.862. The first kappa shape index (κ1) is 13.9. The second-order valence-electron chi connectivity index (χ2n) is 5.28. The zero-order chi connectivity index (χ0) is 13.3. The summed E-state index contributed by atoms with van der Waals surface area (Å²) in [5, 5.41) is 16.0. The molecule has 0 aliphatic heterocycles. The Labute approximate surface area is 114 Å². The largest absolute Gasteiger partial charge is 0.389 e. The molecule has 0 saturated heterocycles. The molecule has 1 aromatic heterocycles. The van der Waals surface area contributed by atoms with Gasteiger partial charge in [-0.1, -0.05) is 25.4 Å². The monoisotopic (exact) mass is 270 g/mol. The van der Waals surface area contributed by atoms with Crippen LogP contribution in [-0.2, 0) is 19.4 Å². The third kappa shape index (κ3) is 2.43. The summed E-state index contributed by atoms with van der Waals surface area (Å²) in [4.78, 5) is 0. The molecular weight excluding hydrogens is 248 g/mol. The highest BCUT2D eigenvalue weighted by Crippen LogP contribution is 2.44. The van der Waals surface area contributed by atoms with Crippen LogP contribution in [-0.4, -0.2) is 20.5 Å². The van der Waals surface area contributed by atoms with Crippen LogP contribution >= 0.6 is 11.6 Å². The molecule has 1 fully saturated rings. The lowest BCUT2D eigenvalue weighted by Gasteiger charge is -2.27. The highest BCUT2D eigenvalue weighted by atomic mass is 35.5. The van der Waals surface area contributed by atoms with Crippen LogP contribution in [0, 0.1) is 5.92 Å². The van der Waals surface area contributed by atoms with Crippen LogP contribution in [0.1, 0.15) is 51.4 Å². The highest BCUT2D eigenvalue weighted by Gasteiger charge is 2.43. The number of nitrogens with zero attached hydrogens (tertiary/aromatic N) is 2. The van der Waals surface area contributed by atoms with Crippen molar-refractivity contribution in [1.82, 2.24) is 9.78 Å². The van der Waals surface area contributed by atoms with Crippen molar-refractivity contribution in [3.05, 3.63) is 16.4 Å². The van der Waals surface area contributed by atoms with E-state index in [-0.39, 0.29) is 0 Å². The van der Waals surface area contributed by atoms with Gasteiger partial charge in [-0.05, 0) is 38.5 Å². The number of rotatable bonds is 6. The first-order valence-corrected chi connectivity index (χ1v) is 7.39. The fraction of sp³-hybridized carbons (Fsp3) is 0.786. The Kier molecular flexibility index (Phi) is 4.02. The standard InChI is InChI=1S/C14H23ClN2O/c1-4-11-13(15)12(17(6-3)16-11)9-14(18,5-2)10-7-8-10/h10,18H,4-9H2,1-3H3. The number of halogens is 1. The smallest absolute Gasteiger partial charge is 0.0850 e. The first-order valence-electron chi connectivity index (χ1n) is 7.02. The molecule has 0 aromatic carbocycles. The summed E-state index contributed by atoms with van der Waals surface area (Å²) in [5.41, 5.74) is 1.36. The van der Waals surface area contributed by atoms with Gasteiger partial charge in [0.25, 0.3) is 0 Å². The molecule has 1 heterocycles. The van der Waals surface area contributed by atoms with Crippen LogP contribution in [0.2, 0.25) is 5.02 Å². The van der Waals surface area contributed by atoms with Crippen molar-refractivity contribution in [3.63, 3.8) is 0 Å². The van der Waals surface area contributed by atoms with Crippen molar-refractivity contribution < 1.29 is 5.11 Å². The average molecular weight is 271 g/mol. The summed E-state index contributed by atoms with van der Waals surface area (Å²) in [7, 11) is 0. The van der Waals surface area contributed by atoms with Gasteiger partial charge in [0.2, 0.25) is 0 Å². The van der Waals surface area contributed by atoms with E-state index in [9.17, 15) is 5.11 Å². The molecule has 1 N–H and O–H groups in total. The second-order valence-corrected chi connectivity index (χ2v) is 5.66. The normalized spacial score (nSPS) is 18.9. The maximum absolute atomic E-state index is 10.7.